The summed E-state index contributed by atoms with van der Waals surface area (Å²) in [6, 6.07) is 12.2. The molecular weight excluding hydrogens is 431 g/mol. The highest BCUT2D eigenvalue weighted by Crippen LogP contribution is 2.18. The van der Waals surface area contributed by atoms with Crippen LogP contribution in [0.25, 0.3) is 0 Å². The van der Waals surface area contributed by atoms with Crippen molar-refractivity contribution in [3.8, 4) is 0 Å². The predicted molar refractivity (Wildman–Crippen MR) is 97.8 cm³/mol. The molecule has 0 atom stereocenters. The standard InChI is InChI=1S/C16H14ClIN2O3/c1-23-16(22)20-12-5-2-10(3-6-12)9-19-15(21)13-7-4-11(17)8-14(13)18/h2-8H,9H2,1H3,(H,19,21)(H,20,22). The van der Waals surface area contributed by atoms with Gasteiger partial charge in [0.2, 0.25) is 0 Å². The first-order valence-electron chi connectivity index (χ1n) is 6.67. The van der Waals surface area contributed by atoms with E-state index in [2.05, 4.69) is 38.0 Å². The van der Waals surface area contributed by atoms with Gasteiger partial charge in [-0.3, -0.25) is 10.1 Å². The molecular formula is C16H14ClIN2O3. The Hall–Kier alpha value is -1.80. The minimum absolute atomic E-state index is 0.164. The Morgan fingerprint density at radius 2 is 1.87 bits per heavy atom. The highest BCUT2D eigenvalue weighted by Gasteiger charge is 2.10. The SMILES string of the molecule is COC(=O)Nc1ccc(CNC(=O)c2ccc(Cl)cc2I)cc1. The maximum atomic E-state index is 12.2. The monoisotopic (exact) mass is 444 g/mol. The first-order valence-corrected chi connectivity index (χ1v) is 8.12. The summed E-state index contributed by atoms with van der Waals surface area (Å²) in [5.74, 6) is -0.164. The van der Waals surface area contributed by atoms with Crippen molar-refractivity contribution in [2.45, 2.75) is 6.54 Å². The first-order chi connectivity index (χ1) is 11.0. The van der Waals surface area contributed by atoms with Crippen LogP contribution in [0.1, 0.15) is 15.9 Å². The first kappa shape index (κ1) is 17.6. The smallest absolute Gasteiger partial charge is 0.411 e. The molecule has 120 valence electrons. The third-order valence-electron chi connectivity index (χ3n) is 3.01. The topological polar surface area (TPSA) is 67.4 Å². The summed E-state index contributed by atoms with van der Waals surface area (Å²) < 4.78 is 5.31. The second-order valence-corrected chi connectivity index (χ2v) is 6.22. The molecule has 2 amide bonds. The summed E-state index contributed by atoms with van der Waals surface area (Å²) in [4.78, 5) is 23.3. The average molecular weight is 445 g/mol. The molecule has 0 spiro atoms. The molecule has 0 bridgehead atoms. The van der Waals surface area contributed by atoms with Crippen LogP contribution in [0, 0.1) is 3.57 Å². The van der Waals surface area contributed by atoms with E-state index in [0.717, 1.165) is 9.13 Å². The molecule has 0 aliphatic heterocycles. The van der Waals surface area contributed by atoms with Crippen LogP contribution in [0.3, 0.4) is 0 Å². The van der Waals surface area contributed by atoms with Gasteiger partial charge in [0.15, 0.2) is 0 Å². The second-order valence-electron chi connectivity index (χ2n) is 4.62. The molecule has 0 fully saturated rings. The number of benzene rings is 2. The van der Waals surface area contributed by atoms with Crippen LogP contribution < -0.4 is 10.6 Å². The average Bonchev–Trinajstić information content (AvgIpc) is 2.53. The highest BCUT2D eigenvalue weighted by atomic mass is 127. The van der Waals surface area contributed by atoms with Crippen molar-refractivity contribution in [2.24, 2.45) is 0 Å². The number of carbonyl (C=O) groups is 2. The van der Waals surface area contributed by atoms with Gasteiger partial charge in [-0.05, 0) is 58.5 Å². The van der Waals surface area contributed by atoms with Crippen molar-refractivity contribution in [1.82, 2.24) is 5.32 Å². The molecule has 2 aromatic carbocycles. The van der Waals surface area contributed by atoms with Gasteiger partial charge in [0.25, 0.3) is 5.91 Å². The van der Waals surface area contributed by atoms with Gasteiger partial charge < -0.3 is 10.1 Å². The van der Waals surface area contributed by atoms with E-state index in [0.29, 0.717) is 22.8 Å². The van der Waals surface area contributed by atoms with E-state index in [-0.39, 0.29) is 5.91 Å². The number of nitrogens with one attached hydrogen (secondary N) is 2. The highest BCUT2D eigenvalue weighted by molar-refractivity contribution is 14.1. The fourth-order valence-corrected chi connectivity index (χ4v) is 2.94. The molecule has 0 heterocycles. The second kappa shape index (κ2) is 8.16. The van der Waals surface area contributed by atoms with Crippen molar-refractivity contribution in [3.05, 3.63) is 62.2 Å². The lowest BCUT2D eigenvalue weighted by molar-refractivity contribution is 0.0950. The number of halogens is 2. The molecule has 7 heteroatoms. The van der Waals surface area contributed by atoms with E-state index >= 15 is 0 Å². The summed E-state index contributed by atoms with van der Waals surface area (Å²) >= 11 is 7.96. The lowest BCUT2D eigenvalue weighted by Gasteiger charge is -2.08. The Morgan fingerprint density at radius 3 is 2.48 bits per heavy atom. The van der Waals surface area contributed by atoms with Crippen LogP contribution in [0.5, 0.6) is 0 Å². The van der Waals surface area contributed by atoms with Crippen LogP contribution in [-0.4, -0.2) is 19.1 Å². The normalized spacial score (nSPS) is 10.0. The fourth-order valence-electron chi connectivity index (χ4n) is 1.83. The number of amides is 2. The summed E-state index contributed by atoms with van der Waals surface area (Å²) in [5.41, 5.74) is 2.12. The lowest BCUT2D eigenvalue weighted by atomic mass is 10.2. The van der Waals surface area contributed by atoms with E-state index in [1.54, 1.807) is 30.3 Å². The molecule has 5 nitrogen and oxygen atoms in total. The minimum atomic E-state index is -0.525. The zero-order valence-electron chi connectivity index (χ0n) is 12.2. The van der Waals surface area contributed by atoms with Gasteiger partial charge in [-0.2, -0.15) is 0 Å². The molecule has 23 heavy (non-hydrogen) atoms. The quantitative estimate of drug-likeness (QED) is 0.699. The van der Waals surface area contributed by atoms with Crippen molar-refractivity contribution in [1.29, 1.82) is 0 Å². The Morgan fingerprint density at radius 1 is 1.17 bits per heavy atom. The van der Waals surface area contributed by atoms with Crippen LogP contribution in [-0.2, 0) is 11.3 Å². The van der Waals surface area contributed by atoms with Crippen LogP contribution in [0.4, 0.5) is 10.5 Å². The fraction of sp³-hybridized carbons (Fsp3) is 0.125. The number of rotatable bonds is 4. The molecule has 0 aliphatic rings. The Bertz CT molecular complexity index is 720. The molecule has 0 saturated heterocycles. The van der Waals surface area contributed by atoms with Gasteiger partial charge >= 0.3 is 6.09 Å². The molecule has 0 aliphatic carbocycles. The molecule has 0 saturated carbocycles. The largest absolute Gasteiger partial charge is 0.453 e. The van der Waals surface area contributed by atoms with Gasteiger partial charge in [0.1, 0.15) is 0 Å². The van der Waals surface area contributed by atoms with Gasteiger partial charge in [0.05, 0.1) is 12.7 Å². The van der Waals surface area contributed by atoms with E-state index in [9.17, 15) is 9.59 Å². The van der Waals surface area contributed by atoms with Gasteiger partial charge in [0, 0.05) is 20.8 Å². The van der Waals surface area contributed by atoms with Crippen molar-refractivity contribution >= 4 is 51.9 Å². The molecule has 0 aromatic heterocycles. The Balaban J connectivity index is 1.95. The number of hydrogen-bond donors (Lipinski definition) is 2. The predicted octanol–water partition coefficient (Wildman–Crippen LogP) is 4.05. The third-order valence-corrected chi connectivity index (χ3v) is 4.14. The molecule has 0 radical (unpaired) electrons. The molecule has 2 rings (SSSR count). The lowest BCUT2D eigenvalue weighted by Crippen LogP contribution is -2.23. The maximum Gasteiger partial charge on any atom is 0.411 e. The number of methoxy groups -OCH3 is 1. The van der Waals surface area contributed by atoms with E-state index in [1.807, 2.05) is 12.1 Å². The van der Waals surface area contributed by atoms with Crippen molar-refractivity contribution in [2.75, 3.05) is 12.4 Å². The number of hydrogen-bond acceptors (Lipinski definition) is 3. The molecule has 2 aromatic rings. The zero-order chi connectivity index (χ0) is 16.8. The maximum absolute atomic E-state index is 12.2. The summed E-state index contributed by atoms with van der Waals surface area (Å²) in [7, 11) is 1.30. The van der Waals surface area contributed by atoms with Gasteiger partial charge in [-0.1, -0.05) is 23.7 Å². The number of ether oxygens (including phenoxy) is 1. The summed E-state index contributed by atoms with van der Waals surface area (Å²) in [5, 5.41) is 6.01. The van der Waals surface area contributed by atoms with E-state index in [4.69, 9.17) is 11.6 Å². The van der Waals surface area contributed by atoms with Gasteiger partial charge in [-0.25, -0.2) is 4.79 Å². The van der Waals surface area contributed by atoms with Crippen LogP contribution in [0.15, 0.2) is 42.5 Å². The third kappa shape index (κ3) is 5.11. The van der Waals surface area contributed by atoms with Crippen LogP contribution in [0.2, 0.25) is 5.02 Å². The zero-order valence-corrected chi connectivity index (χ0v) is 15.1. The van der Waals surface area contributed by atoms with Crippen LogP contribution >= 0.6 is 34.2 Å². The van der Waals surface area contributed by atoms with E-state index < -0.39 is 6.09 Å². The number of anilines is 1. The Labute approximate surface area is 152 Å². The molecule has 2 N–H and O–H groups in total. The Kier molecular flexibility index (Phi) is 6.23. The van der Waals surface area contributed by atoms with Gasteiger partial charge in [-0.15, -0.1) is 0 Å². The summed E-state index contributed by atoms with van der Waals surface area (Å²) in [6.07, 6.45) is -0.525. The van der Waals surface area contributed by atoms with Crippen molar-refractivity contribution in [3.63, 3.8) is 0 Å². The van der Waals surface area contributed by atoms with E-state index in [1.165, 1.54) is 7.11 Å². The number of carbonyl (C=O) groups excluding carboxylic acids is 2. The summed E-state index contributed by atoms with van der Waals surface area (Å²) in [6.45, 7) is 0.385. The molecule has 0 unspecified atom stereocenters. The minimum Gasteiger partial charge on any atom is -0.453 e. The van der Waals surface area contributed by atoms with Crippen molar-refractivity contribution < 1.29 is 14.3 Å².